The summed E-state index contributed by atoms with van der Waals surface area (Å²) in [6, 6.07) is 8.26. The van der Waals surface area contributed by atoms with Crippen LogP contribution < -0.4 is 0 Å². The van der Waals surface area contributed by atoms with Crippen molar-refractivity contribution >= 4 is 11.6 Å². The number of alkyl halides is 1. The van der Waals surface area contributed by atoms with Crippen molar-refractivity contribution in [1.82, 2.24) is 0 Å². The van der Waals surface area contributed by atoms with Crippen LogP contribution in [-0.4, -0.2) is 6.61 Å². The fourth-order valence-electron chi connectivity index (χ4n) is 1.27. The second-order valence-corrected chi connectivity index (χ2v) is 3.66. The van der Waals surface area contributed by atoms with E-state index < -0.39 is 0 Å². The molecule has 0 N–H and O–H groups in total. The Morgan fingerprint density at radius 3 is 2.43 bits per heavy atom. The van der Waals surface area contributed by atoms with Crippen LogP contribution >= 0.6 is 11.6 Å². The third-order valence-corrected chi connectivity index (χ3v) is 2.48. The van der Waals surface area contributed by atoms with E-state index in [-0.39, 0.29) is 6.10 Å². The van der Waals surface area contributed by atoms with E-state index in [0.717, 1.165) is 18.6 Å². The predicted octanol–water partition coefficient (Wildman–Crippen LogP) is 3.91. The van der Waals surface area contributed by atoms with Crippen LogP contribution in [-0.2, 0) is 10.6 Å². The Balaban J connectivity index is 2.57. The van der Waals surface area contributed by atoms with Crippen LogP contribution in [0.25, 0.3) is 0 Å². The zero-order valence-electron chi connectivity index (χ0n) is 8.79. The molecule has 0 heterocycles. The predicted molar refractivity (Wildman–Crippen MR) is 60.7 cm³/mol. The van der Waals surface area contributed by atoms with Crippen molar-refractivity contribution in [2.45, 2.75) is 32.3 Å². The molecule has 0 saturated heterocycles. The van der Waals surface area contributed by atoms with E-state index >= 15 is 0 Å². The summed E-state index contributed by atoms with van der Waals surface area (Å²) in [6.45, 7) is 5.01. The van der Waals surface area contributed by atoms with Crippen LogP contribution in [0, 0.1) is 0 Å². The van der Waals surface area contributed by atoms with Gasteiger partial charge < -0.3 is 4.74 Å². The minimum atomic E-state index is 0.180. The fraction of sp³-hybridized carbons (Fsp3) is 0.500. The Labute approximate surface area is 91.0 Å². The summed E-state index contributed by atoms with van der Waals surface area (Å²) < 4.78 is 5.62. The van der Waals surface area contributed by atoms with Gasteiger partial charge in [-0.1, -0.05) is 31.2 Å². The number of hydrogen-bond donors (Lipinski definition) is 0. The third-order valence-electron chi connectivity index (χ3n) is 2.18. The molecule has 0 bridgehead atoms. The van der Waals surface area contributed by atoms with Crippen molar-refractivity contribution in [2.24, 2.45) is 0 Å². The molecule has 2 heteroatoms. The van der Waals surface area contributed by atoms with Crippen LogP contribution in [0.4, 0.5) is 0 Å². The Morgan fingerprint density at radius 1 is 1.29 bits per heavy atom. The molecule has 0 amide bonds. The summed E-state index contributed by atoms with van der Waals surface area (Å²) in [5, 5.41) is 0. The third kappa shape index (κ3) is 3.32. The molecule has 1 rings (SSSR count). The maximum absolute atomic E-state index is 5.71. The maximum Gasteiger partial charge on any atom is 0.0796 e. The second kappa shape index (κ2) is 6.05. The lowest BCUT2D eigenvalue weighted by Gasteiger charge is -2.12. The number of ether oxygens (including phenoxy) is 1. The molecular formula is C12H17ClO. The highest BCUT2D eigenvalue weighted by Crippen LogP contribution is 2.17. The molecule has 0 aliphatic rings. The fourth-order valence-corrected chi connectivity index (χ4v) is 1.45. The zero-order valence-corrected chi connectivity index (χ0v) is 9.55. The van der Waals surface area contributed by atoms with Crippen LogP contribution in [0.5, 0.6) is 0 Å². The zero-order chi connectivity index (χ0) is 10.4. The molecule has 1 nitrogen and oxygen atoms in total. The van der Waals surface area contributed by atoms with Crippen molar-refractivity contribution in [2.75, 3.05) is 6.61 Å². The standard InChI is InChI=1S/C12H17ClO/c1-3-8-14-10(2)12-6-4-11(9-13)5-7-12/h4-7,10H,3,8-9H2,1-2H3. The summed E-state index contributed by atoms with van der Waals surface area (Å²) in [5.41, 5.74) is 2.37. The van der Waals surface area contributed by atoms with Gasteiger partial charge in [0.25, 0.3) is 0 Å². The molecule has 1 atom stereocenters. The second-order valence-electron chi connectivity index (χ2n) is 3.39. The molecule has 0 fully saturated rings. The highest BCUT2D eigenvalue weighted by Gasteiger charge is 2.04. The largest absolute Gasteiger partial charge is 0.374 e. The van der Waals surface area contributed by atoms with E-state index in [9.17, 15) is 0 Å². The quantitative estimate of drug-likeness (QED) is 0.673. The monoisotopic (exact) mass is 212 g/mol. The van der Waals surface area contributed by atoms with E-state index in [1.54, 1.807) is 0 Å². The SMILES string of the molecule is CCCOC(C)c1ccc(CCl)cc1. The number of hydrogen-bond acceptors (Lipinski definition) is 1. The minimum absolute atomic E-state index is 0.180. The molecule has 0 aliphatic carbocycles. The van der Waals surface area contributed by atoms with Crippen molar-refractivity contribution in [1.29, 1.82) is 0 Å². The molecule has 0 radical (unpaired) electrons. The first-order chi connectivity index (χ1) is 6.77. The van der Waals surface area contributed by atoms with Gasteiger partial charge in [0.05, 0.1) is 6.10 Å². The molecule has 1 aromatic carbocycles. The van der Waals surface area contributed by atoms with Crippen LogP contribution in [0.3, 0.4) is 0 Å². The van der Waals surface area contributed by atoms with E-state index in [0.29, 0.717) is 5.88 Å². The van der Waals surface area contributed by atoms with E-state index in [1.807, 2.05) is 12.1 Å². The molecule has 14 heavy (non-hydrogen) atoms. The average molecular weight is 213 g/mol. The number of halogens is 1. The molecule has 1 unspecified atom stereocenters. The normalized spacial score (nSPS) is 12.8. The van der Waals surface area contributed by atoms with Crippen molar-refractivity contribution < 1.29 is 4.74 Å². The lowest BCUT2D eigenvalue weighted by molar-refractivity contribution is 0.0663. The molecule has 78 valence electrons. The van der Waals surface area contributed by atoms with Gasteiger partial charge in [0.2, 0.25) is 0 Å². The molecule has 0 aromatic heterocycles. The Hall–Kier alpha value is -0.530. The van der Waals surface area contributed by atoms with Crippen LogP contribution in [0.15, 0.2) is 24.3 Å². The summed E-state index contributed by atoms with van der Waals surface area (Å²) in [4.78, 5) is 0. The Kier molecular flexibility index (Phi) is 4.99. The minimum Gasteiger partial charge on any atom is -0.374 e. The maximum atomic E-state index is 5.71. The van der Waals surface area contributed by atoms with E-state index in [1.165, 1.54) is 5.56 Å². The van der Waals surface area contributed by atoms with Gasteiger partial charge in [-0.3, -0.25) is 0 Å². The average Bonchev–Trinajstić information content (AvgIpc) is 2.26. The first-order valence-corrected chi connectivity index (χ1v) is 5.57. The molecular weight excluding hydrogens is 196 g/mol. The number of rotatable bonds is 5. The van der Waals surface area contributed by atoms with Gasteiger partial charge in [0.1, 0.15) is 0 Å². The highest BCUT2D eigenvalue weighted by molar-refractivity contribution is 6.17. The highest BCUT2D eigenvalue weighted by atomic mass is 35.5. The summed E-state index contributed by atoms with van der Waals surface area (Å²) >= 11 is 5.71. The topological polar surface area (TPSA) is 9.23 Å². The lowest BCUT2D eigenvalue weighted by atomic mass is 10.1. The van der Waals surface area contributed by atoms with Crippen LogP contribution in [0.1, 0.15) is 37.5 Å². The van der Waals surface area contributed by atoms with Gasteiger partial charge in [0, 0.05) is 12.5 Å². The van der Waals surface area contributed by atoms with Crippen molar-refractivity contribution in [3.63, 3.8) is 0 Å². The molecule has 0 saturated carbocycles. The Morgan fingerprint density at radius 2 is 1.93 bits per heavy atom. The van der Waals surface area contributed by atoms with Crippen LogP contribution in [0.2, 0.25) is 0 Å². The molecule has 0 spiro atoms. The van der Waals surface area contributed by atoms with Gasteiger partial charge in [0.15, 0.2) is 0 Å². The smallest absolute Gasteiger partial charge is 0.0796 e. The van der Waals surface area contributed by atoms with Gasteiger partial charge >= 0.3 is 0 Å². The van der Waals surface area contributed by atoms with E-state index in [2.05, 4.69) is 26.0 Å². The van der Waals surface area contributed by atoms with E-state index in [4.69, 9.17) is 16.3 Å². The van der Waals surface area contributed by atoms with Gasteiger partial charge in [-0.15, -0.1) is 11.6 Å². The summed E-state index contributed by atoms with van der Waals surface area (Å²) in [6.07, 6.45) is 1.24. The van der Waals surface area contributed by atoms with Gasteiger partial charge in [-0.05, 0) is 24.5 Å². The lowest BCUT2D eigenvalue weighted by Crippen LogP contribution is -2.00. The first kappa shape index (κ1) is 11.5. The van der Waals surface area contributed by atoms with Crippen molar-refractivity contribution in [3.05, 3.63) is 35.4 Å². The van der Waals surface area contributed by atoms with Crippen molar-refractivity contribution in [3.8, 4) is 0 Å². The molecule has 1 aromatic rings. The Bertz CT molecular complexity index is 256. The summed E-state index contributed by atoms with van der Waals surface area (Å²) in [7, 11) is 0. The van der Waals surface area contributed by atoms with Gasteiger partial charge in [-0.25, -0.2) is 0 Å². The van der Waals surface area contributed by atoms with Gasteiger partial charge in [-0.2, -0.15) is 0 Å². The number of benzene rings is 1. The molecule has 0 aliphatic heterocycles. The summed E-state index contributed by atoms with van der Waals surface area (Å²) in [5.74, 6) is 0.574. The first-order valence-electron chi connectivity index (χ1n) is 5.04.